The Labute approximate surface area is 92.5 Å². The summed E-state index contributed by atoms with van der Waals surface area (Å²) in [5.41, 5.74) is 1.50. The SMILES string of the molecule is CNc1nc(Cl)nc2c1ncn2C(C)C. The Balaban J connectivity index is 2.75. The molecule has 6 heteroatoms. The van der Waals surface area contributed by atoms with Gasteiger partial charge in [0.05, 0.1) is 6.33 Å². The van der Waals surface area contributed by atoms with Gasteiger partial charge in [-0.05, 0) is 25.4 Å². The number of hydrogen-bond donors (Lipinski definition) is 1. The van der Waals surface area contributed by atoms with E-state index in [2.05, 4.69) is 34.1 Å². The lowest BCUT2D eigenvalue weighted by atomic mass is 10.4. The van der Waals surface area contributed by atoms with E-state index in [0.717, 1.165) is 11.2 Å². The van der Waals surface area contributed by atoms with Crippen LogP contribution in [0.15, 0.2) is 6.33 Å². The second-order valence-corrected chi connectivity index (χ2v) is 3.85. The largest absolute Gasteiger partial charge is 0.371 e. The molecule has 2 heterocycles. The minimum absolute atomic E-state index is 0.231. The molecule has 0 aliphatic rings. The number of imidazole rings is 1. The molecular weight excluding hydrogens is 214 g/mol. The van der Waals surface area contributed by atoms with Crippen LogP contribution < -0.4 is 5.32 Å². The summed E-state index contributed by atoms with van der Waals surface area (Å²) < 4.78 is 1.96. The van der Waals surface area contributed by atoms with Crippen LogP contribution in [-0.2, 0) is 0 Å². The van der Waals surface area contributed by atoms with E-state index in [0.29, 0.717) is 11.9 Å². The van der Waals surface area contributed by atoms with E-state index in [1.54, 1.807) is 13.4 Å². The van der Waals surface area contributed by atoms with Gasteiger partial charge in [-0.25, -0.2) is 4.98 Å². The van der Waals surface area contributed by atoms with Crippen LogP contribution in [0.1, 0.15) is 19.9 Å². The number of halogens is 1. The van der Waals surface area contributed by atoms with Crippen molar-refractivity contribution >= 4 is 28.6 Å². The second-order valence-electron chi connectivity index (χ2n) is 3.51. The first kappa shape index (κ1) is 10.2. The summed E-state index contributed by atoms with van der Waals surface area (Å²) in [6.07, 6.45) is 1.75. The van der Waals surface area contributed by atoms with Gasteiger partial charge in [-0.1, -0.05) is 0 Å². The summed E-state index contributed by atoms with van der Waals surface area (Å²) in [5.74, 6) is 0.657. The van der Waals surface area contributed by atoms with Gasteiger partial charge in [0.15, 0.2) is 17.0 Å². The van der Waals surface area contributed by atoms with Crippen molar-refractivity contribution in [1.29, 1.82) is 0 Å². The van der Waals surface area contributed by atoms with Crippen LogP contribution in [0.2, 0.25) is 5.28 Å². The van der Waals surface area contributed by atoms with E-state index in [-0.39, 0.29) is 5.28 Å². The number of anilines is 1. The molecule has 15 heavy (non-hydrogen) atoms. The molecule has 2 rings (SSSR count). The van der Waals surface area contributed by atoms with E-state index in [1.807, 2.05) is 4.57 Å². The summed E-state index contributed by atoms with van der Waals surface area (Å²) >= 11 is 5.83. The number of aromatic nitrogens is 4. The predicted octanol–water partition coefficient (Wildman–Crippen LogP) is 2.10. The van der Waals surface area contributed by atoms with Gasteiger partial charge >= 0.3 is 0 Å². The molecule has 1 N–H and O–H groups in total. The Kier molecular flexibility index (Phi) is 2.48. The lowest BCUT2D eigenvalue weighted by molar-refractivity contribution is 0.612. The van der Waals surface area contributed by atoms with Crippen molar-refractivity contribution in [3.05, 3.63) is 11.6 Å². The third kappa shape index (κ3) is 1.63. The van der Waals surface area contributed by atoms with Crippen molar-refractivity contribution < 1.29 is 0 Å². The average molecular weight is 226 g/mol. The van der Waals surface area contributed by atoms with Crippen LogP contribution in [0, 0.1) is 0 Å². The number of hydrogen-bond acceptors (Lipinski definition) is 4. The number of fused-ring (bicyclic) bond motifs is 1. The van der Waals surface area contributed by atoms with E-state index >= 15 is 0 Å². The van der Waals surface area contributed by atoms with Crippen LogP contribution in [-0.4, -0.2) is 26.6 Å². The van der Waals surface area contributed by atoms with Crippen molar-refractivity contribution in [2.45, 2.75) is 19.9 Å². The fourth-order valence-corrected chi connectivity index (χ4v) is 1.61. The highest BCUT2D eigenvalue weighted by Crippen LogP contribution is 2.22. The molecule has 2 aromatic heterocycles. The smallest absolute Gasteiger partial charge is 0.226 e. The summed E-state index contributed by atoms with van der Waals surface area (Å²) in [6, 6.07) is 0.297. The Morgan fingerprint density at radius 3 is 2.73 bits per heavy atom. The molecule has 0 fully saturated rings. The molecule has 2 aromatic rings. The van der Waals surface area contributed by atoms with Crippen molar-refractivity contribution in [1.82, 2.24) is 19.5 Å². The first-order valence-corrected chi connectivity index (χ1v) is 5.09. The summed E-state index contributed by atoms with van der Waals surface area (Å²) in [7, 11) is 1.78. The third-order valence-corrected chi connectivity index (χ3v) is 2.36. The quantitative estimate of drug-likeness (QED) is 0.796. The maximum absolute atomic E-state index is 5.83. The molecule has 0 aromatic carbocycles. The topological polar surface area (TPSA) is 55.6 Å². The lowest BCUT2D eigenvalue weighted by Crippen LogP contribution is -2.02. The fourth-order valence-electron chi connectivity index (χ4n) is 1.44. The summed E-state index contributed by atoms with van der Waals surface area (Å²) in [4.78, 5) is 12.5. The van der Waals surface area contributed by atoms with Crippen molar-refractivity contribution in [2.75, 3.05) is 12.4 Å². The van der Waals surface area contributed by atoms with Crippen LogP contribution >= 0.6 is 11.6 Å². The minimum atomic E-state index is 0.231. The van der Waals surface area contributed by atoms with Gasteiger partial charge in [-0.15, -0.1) is 0 Å². The van der Waals surface area contributed by atoms with Gasteiger partial charge in [0.25, 0.3) is 0 Å². The Hall–Kier alpha value is -1.36. The fraction of sp³-hybridized carbons (Fsp3) is 0.444. The highest BCUT2D eigenvalue weighted by Gasteiger charge is 2.12. The van der Waals surface area contributed by atoms with Gasteiger partial charge in [0, 0.05) is 13.1 Å². The first-order valence-electron chi connectivity index (χ1n) is 4.71. The maximum atomic E-state index is 5.83. The molecule has 0 unspecified atom stereocenters. The molecule has 5 nitrogen and oxygen atoms in total. The Morgan fingerprint density at radius 1 is 1.40 bits per heavy atom. The Bertz CT molecular complexity index is 490. The van der Waals surface area contributed by atoms with Crippen molar-refractivity contribution in [3.63, 3.8) is 0 Å². The molecule has 0 bridgehead atoms. The molecular formula is C9H12ClN5. The molecule has 0 amide bonds. The van der Waals surface area contributed by atoms with Gasteiger partial charge in [0.2, 0.25) is 5.28 Å². The highest BCUT2D eigenvalue weighted by molar-refractivity contribution is 6.28. The molecule has 0 atom stereocenters. The molecule has 0 saturated carbocycles. The van der Waals surface area contributed by atoms with Gasteiger partial charge in [-0.3, -0.25) is 0 Å². The van der Waals surface area contributed by atoms with E-state index in [1.165, 1.54) is 0 Å². The van der Waals surface area contributed by atoms with Crippen molar-refractivity contribution in [3.8, 4) is 0 Å². The maximum Gasteiger partial charge on any atom is 0.226 e. The van der Waals surface area contributed by atoms with Gasteiger partial charge in [0.1, 0.15) is 0 Å². The van der Waals surface area contributed by atoms with Crippen LogP contribution in [0.5, 0.6) is 0 Å². The van der Waals surface area contributed by atoms with E-state index < -0.39 is 0 Å². The second kappa shape index (κ2) is 3.66. The Morgan fingerprint density at radius 2 is 2.13 bits per heavy atom. The molecule has 80 valence electrons. The summed E-state index contributed by atoms with van der Waals surface area (Å²) in [6.45, 7) is 4.13. The molecule has 0 aliphatic heterocycles. The average Bonchev–Trinajstić information content (AvgIpc) is 2.59. The molecule has 0 saturated heterocycles. The third-order valence-electron chi connectivity index (χ3n) is 2.19. The normalized spacial score (nSPS) is 11.3. The minimum Gasteiger partial charge on any atom is -0.371 e. The summed E-state index contributed by atoms with van der Waals surface area (Å²) in [5, 5.41) is 3.18. The van der Waals surface area contributed by atoms with Crippen LogP contribution in [0.4, 0.5) is 5.82 Å². The lowest BCUT2D eigenvalue weighted by Gasteiger charge is -2.07. The number of rotatable bonds is 2. The van der Waals surface area contributed by atoms with Gasteiger partial charge < -0.3 is 9.88 Å². The number of nitrogens with one attached hydrogen (secondary N) is 1. The highest BCUT2D eigenvalue weighted by atomic mass is 35.5. The van der Waals surface area contributed by atoms with Crippen LogP contribution in [0.3, 0.4) is 0 Å². The van der Waals surface area contributed by atoms with E-state index in [9.17, 15) is 0 Å². The zero-order valence-corrected chi connectivity index (χ0v) is 9.58. The monoisotopic (exact) mass is 225 g/mol. The van der Waals surface area contributed by atoms with Crippen LogP contribution in [0.25, 0.3) is 11.2 Å². The predicted molar refractivity (Wildman–Crippen MR) is 60.3 cm³/mol. The van der Waals surface area contributed by atoms with Gasteiger partial charge in [-0.2, -0.15) is 9.97 Å². The zero-order chi connectivity index (χ0) is 11.0. The molecule has 0 aliphatic carbocycles. The molecule has 0 radical (unpaired) electrons. The van der Waals surface area contributed by atoms with Crippen molar-refractivity contribution in [2.24, 2.45) is 0 Å². The number of nitrogens with zero attached hydrogens (tertiary/aromatic N) is 4. The van der Waals surface area contributed by atoms with E-state index in [4.69, 9.17) is 11.6 Å². The standard InChI is InChI=1S/C9H12ClN5/c1-5(2)15-4-12-6-7(11-3)13-9(10)14-8(6)15/h4-5H,1-3H3,(H,11,13,14). The zero-order valence-electron chi connectivity index (χ0n) is 8.82. The molecule has 0 spiro atoms. The first-order chi connectivity index (χ1) is 7.13.